The van der Waals surface area contributed by atoms with Crippen molar-refractivity contribution in [3.05, 3.63) is 0 Å². The second-order valence-electron chi connectivity index (χ2n) is 5.82. The highest BCUT2D eigenvalue weighted by molar-refractivity contribution is 5.76. The Morgan fingerprint density at radius 3 is 1.58 bits per heavy atom. The number of unbranched alkanes of at least 4 members (excludes halogenated alkanes) is 4. The van der Waals surface area contributed by atoms with Crippen molar-refractivity contribution in [2.75, 3.05) is 28.2 Å². The molecule has 0 aliphatic carbocycles. The number of aliphatic carboxylic acids is 1. The third-order valence-electron chi connectivity index (χ3n) is 3.09. The third-order valence-corrected chi connectivity index (χ3v) is 3.09. The predicted molar refractivity (Wildman–Crippen MR) is 83.7 cm³/mol. The van der Waals surface area contributed by atoms with Crippen molar-refractivity contribution < 1.29 is 32.3 Å². The molecule has 9 heteroatoms. The Morgan fingerprint density at radius 2 is 1.29 bits per heavy atom. The van der Waals surface area contributed by atoms with E-state index in [1.54, 1.807) is 28.2 Å². The van der Waals surface area contributed by atoms with Gasteiger partial charge in [-0.1, -0.05) is 32.6 Å². The second kappa shape index (κ2) is 11.1. The smallest absolute Gasteiger partial charge is 0.404 e. The molecule has 0 saturated heterocycles. The van der Waals surface area contributed by atoms with E-state index in [9.17, 15) is 27.2 Å². The summed E-state index contributed by atoms with van der Waals surface area (Å²) in [5, 5.41) is 7.99. The van der Waals surface area contributed by atoms with E-state index in [1.165, 1.54) is 9.80 Å². The average molecular weight is 360 g/mol. The van der Waals surface area contributed by atoms with Gasteiger partial charge in [-0.2, -0.15) is 17.6 Å². The lowest BCUT2D eigenvalue weighted by atomic mass is 10.0. The van der Waals surface area contributed by atoms with Crippen molar-refractivity contribution in [1.29, 1.82) is 0 Å². The van der Waals surface area contributed by atoms with Gasteiger partial charge in [-0.15, -0.1) is 0 Å². The van der Waals surface area contributed by atoms with Gasteiger partial charge in [0.2, 0.25) is 0 Å². The number of rotatable bonds is 8. The van der Waals surface area contributed by atoms with E-state index >= 15 is 0 Å². The van der Waals surface area contributed by atoms with Crippen LogP contribution in [0, 0.1) is 0 Å². The molecule has 0 atom stereocenters. The first kappa shape index (κ1) is 24.7. The Morgan fingerprint density at radius 1 is 0.875 bits per heavy atom. The third kappa shape index (κ3) is 8.93. The summed E-state index contributed by atoms with van der Waals surface area (Å²) in [6.07, 6.45) is 1.72. The summed E-state index contributed by atoms with van der Waals surface area (Å²) >= 11 is 0. The van der Waals surface area contributed by atoms with E-state index in [1.807, 2.05) is 6.92 Å². The maximum absolute atomic E-state index is 12.8. The number of halogens is 4. The van der Waals surface area contributed by atoms with Gasteiger partial charge in [0.25, 0.3) is 0 Å². The summed E-state index contributed by atoms with van der Waals surface area (Å²) in [5.74, 6) is -12.2. The summed E-state index contributed by atoms with van der Waals surface area (Å²) < 4.78 is 50.8. The molecule has 0 spiro atoms. The number of carboxylic acid groups (broad SMARTS) is 1. The Balaban J connectivity index is 0. The lowest BCUT2D eigenvalue weighted by Gasteiger charge is -2.22. The van der Waals surface area contributed by atoms with E-state index in [2.05, 4.69) is 0 Å². The van der Waals surface area contributed by atoms with Gasteiger partial charge in [0, 0.05) is 34.6 Å². The summed E-state index contributed by atoms with van der Waals surface area (Å²) in [5.41, 5.74) is 0. The van der Waals surface area contributed by atoms with Crippen LogP contribution in [0.25, 0.3) is 0 Å². The highest BCUT2D eigenvalue weighted by Gasteiger charge is 2.61. The molecule has 0 fully saturated rings. The quantitative estimate of drug-likeness (QED) is 0.527. The van der Waals surface area contributed by atoms with E-state index in [-0.39, 0.29) is 12.5 Å². The molecule has 0 unspecified atom stereocenters. The van der Waals surface area contributed by atoms with Gasteiger partial charge in [0.1, 0.15) is 0 Å². The van der Waals surface area contributed by atoms with E-state index in [4.69, 9.17) is 5.11 Å². The van der Waals surface area contributed by atoms with Crippen LogP contribution in [-0.4, -0.2) is 66.9 Å². The van der Waals surface area contributed by atoms with Crippen molar-refractivity contribution in [3.8, 4) is 0 Å². The summed E-state index contributed by atoms with van der Waals surface area (Å²) in [6, 6.07) is 0.0185. The lowest BCUT2D eigenvalue weighted by Crippen LogP contribution is -2.47. The van der Waals surface area contributed by atoms with Crippen LogP contribution in [0.5, 0.6) is 0 Å². The Bertz CT molecular complexity index is 379. The second-order valence-corrected chi connectivity index (χ2v) is 5.82. The molecular weight excluding hydrogens is 332 g/mol. The van der Waals surface area contributed by atoms with Gasteiger partial charge < -0.3 is 14.9 Å². The maximum Gasteiger partial charge on any atom is 0.404 e. The van der Waals surface area contributed by atoms with E-state index in [0.717, 1.165) is 12.8 Å². The molecule has 5 nitrogen and oxygen atoms in total. The van der Waals surface area contributed by atoms with Crippen LogP contribution < -0.4 is 0 Å². The molecule has 2 amide bonds. The first-order valence-corrected chi connectivity index (χ1v) is 7.68. The molecule has 24 heavy (non-hydrogen) atoms. The van der Waals surface area contributed by atoms with Crippen LogP contribution >= 0.6 is 0 Å². The predicted octanol–water partition coefficient (Wildman–Crippen LogP) is 3.93. The number of carbonyl (C=O) groups is 2. The molecule has 0 heterocycles. The molecule has 0 radical (unpaired) electrons. The zero-order chi connectivity index (χ0) is 19.6. The van der Waals surface area contributed by atoms with Crippen LogP contribution in [0.2, 0.25) is 0 Å². The number of urea groups is 1. The summed E-state index contributed by atoms with van der Waals surface area (Å²) in [6.45, 7) is 1.94. The standard InChI is InChI=1S/C10H16F4O2.C5H12N2O/c1-2-3-4-5-6-7-9(11,12)10(13,14)8(15)16;1-6(2)5(8)7(3)4/h2-7H2,1H3,(H,15,16);1-4H3. The fourth-order valence-electron chi connectivity index (χ4n) is 1.66. The fraction of sp³-hybridized carbons (Fsp3) is 0.867. The zero-order valence-electron chi connectivity index (χ0n) is 14.9. The van der Waals surface area contributed by atoms with Crippen LogP contribution in [-0.2, 0) is 4.79 Å². The summed E-state index contributed by atoms with van der Waals surface area (Å²) in [4.78, 5) is 23.7. The fourth-order valence-corrected chi connectivity index (χ4v) is 1.66. The molecule has 0 aliphatic rings. The molecule has 0 saturated carbocycles. The maximum atomic E-state index is 12.8. The topological polar surface area (TPSA) is 60.9 Å². The van der Waals surface area contributed by atoms with Gasteiger partial charge in [-0.25, -0.2) is 9.59 Å². The van der Waals surface area contributed by atoms with E-state index < -0.39 is 24.2 Å². The minimum Gasteiger partial charge on any atom is -0.477 e. The molecule has 0 rings (SSSR count). The van der Waals surface area contributed by atoms with E-state index in [0.29, 0.717) is 12.8 Å². The van der Waals surface area contributed by atoms with Crippen molar-refractivity contribution in [3.63, 3.8) is 0 Å². The Kier molecular flexibility index (Phi) is 11.4. The SMILES string of the molecule is CCCCCCCC(F)(F)C(F)(F)C(=O)O.CN(C)C(=O)N(C)C. The number of carboxylic acids is 1. The largest absolute Gasteiger partial charge is 0.477 e. The number of hydrogen-bond acceptors (Lipinski definition) is 2. The number of carbonyl (C=O) groups excluding carboxylic acids is 1. The van der Waals surface area contributed by atoms with Crippen LogP contribution in [0.15, 0.2) is 0 Å². The molecular formula is C15H28F4N2O3. The molecule has 0 aliphatic heterocycles. The van der Waals surface area contributed by atoms with Gasteiger partial charge in [-0.05, 0) is 6.42 Å². The monoisotopic (exact) mass is 360 g/mol. The van der Waals surface area contributed by atoms with Gasteiger partial charge >= 0.3 is 23.8 Å². The number of hydrogen-bond donors (Lipinski definition) is 1. The average Bonchev–Trinajstić information content (AvgIpc) is 2.46. The van der Waals surface area contributed by atoms with Crippen LogP contribution in [0.3, 0.4) is 0 Å². The Labute approximate surface area is 140 Å². The molecule has 0 aromatic heterocycles. The molecule has 0 aromatic carbocycles. The molecule has 0 bridgehead atoms. The minimum absolute atomic E-state index is 0.0185. The zero-order valence-corrected chi connectivity index (χ0v) is 14.9. The lowest BCUT2D eigenvalue weighted by molar-refractivity contribution is -0.226. The van der Waals surface area contributed by atoms with Crippen molar-refractivity contribution in [2.24, 2.45) is 0 Å². The number of amides is 2. The number of alkyl halides is 4. The van der Waals surface area contributed by atoms with Gasteiger partial charge in [0.05, 0.1) is 0 Å². The molecule has 144 valence electrons. The minimum atomic E-state index is -4.97. The Hall–Kier alpha value is -1.54. The van der Waals surface area contributed by atoms with Crippen molar-refractivity contribution >= 4 is 12.0 Å². The number of nitrogens with zero attached hydrogens (tertiary/aromatic N) is 2. The first-order chi connectivity index (χ1) is 10.8. The highest BCUT2D eigenvalue weighted by Crippen LogP contribution is 2.38. The van der Waals surface area contributed by atoms with Gasteiger partial charge in [0.15, 0.2) is 0 Å². The first-order valence-electron chi connectivity index (χ1n) is 7.68. The van der Waals surface area contributed by atoms with Crippen molar-refractivity contribution in [1.82, 2.24) is 9.80 Å². The molecule has 1 N–H and O–H groups in total. The normalized spacial score (nSPS) is 11.4. The summed E-state index contributed by atoms with van der Waals surface area (Å²) in [7, 11) is 6.90. The van der Waals surface area contributed by atoms with Crippen LogP contribution in [0.1, 0.15) is 45.4 Å². The van der Waals surface area contributed by atoms with Crippen molar-refractivity contribution in [2.45, 2.75) is 57.3 Å². The van der Waals surface area contributed by atoms with Gasteiger partial charge in [-0.3, -0.25) is 0 Å². The molecule has 0 aromatic rings. The highest BCUT2D eigenvalue weighted by atomic mass is 19.3. The van der Waals surface area contributed by atoms with Crippen LogP contribution in [0.4, 0.5) is 22.4 Å².